The van der Waals surface area contributed by atoms with E-state index in [1.54, 1.807) is 32.9 Å². The molecule has 2 fully saturated rings. The highest BCUT2D eigenvalue weighted by molar-refractivity contribution is 6.36. The lowest BCUT2D eigenvalue weighted by atomic mass is 9.90. The van der Waals surface area contributed by atoms with Crippen LogP contribution in [-0.2, 0) is 20.7 Å². The Kier molecular flexibility index (Phi) is 9.75. The van der Waals surface area contributed by atoms with E-state index in [1.807, 2.05) is 36.9 Å². The molecule has 1 N–H and O–H groups in total. The number of ketones is 1. The van der Waals surface area contributed by atoms with Crippen LogP contribution in [0.5, 0.6) is 5.75 Å². The predicted octanol–water partition coefficient (Wildman–Crippen LogP) is 3.18. The second kappa shape index (κ2) is 12.4. The number of likely N-dealkylation sites (N-methyl/N-ethyl adjacent to an activating group) is 1. The minimum absolute atomic E-state index is 0.0150. The first-order valence-electron chi connectivity index (χ1n) is 13.6. The van der Waals surface area contributed by atoms with Gasteiger partial charge in [0.1, 0.15) is 5.75 Å². The van der Waals surface area contributed by atoms with E-state index in [9.17, 15) is 14.4 Å². The van der Waals surface area contributed by atoms with Crippen LogP contribution >= 0.6 is 0 Å². The molecule has 2 amide bonds. The molecule has 37 heavy (non-hydrogen) atoms. The van der Waals surface area contributed by atoms with Crippen molar-refractivity contribution in [1.29, 1.82) is 0 Å². The monoisotopic (exact) mass is 515 g/mol. The van der Waals surface area contributed by atoms with Crippen molar-refractivity contribution >= 4 is 17.6 Å². The highest BCUT2D eigenvalue weighted by atomic mass is 16.5. The van der Waals surface area contributed by atoms with Crippen LogP contribution in [0.2, 0.25) is 0 Å². The van der Waals surface area contributed by atoms with E-state index in [0.29, 0.717) is 25.3 Å². The quantitative estimate of drug-likeness (QED) is 0.321. The minimum Gasteiger partial charge on any atom is -0.493 e. The van der Waals surface area contributed by atoms with Crippen LogP contribution in [0.25, 0.3) is 0 Å². The Bertz CT molecular complexity index is 978. The second-order valence-electron chi connectivity index (χ2n) is 11.1. The zero-order chi connectivity index (χ0) is 27.3. The van der Waals surface area contributed by atoms with E-state index < -0.39 is 5.91 Å². The van der Waals surface area contributed by atoms with E-state index in [-0.39, 0.29) is 41.0 Å². The van der Waals surface area contributed by atoms with Crippen molar-refractivity contribution in [2.45, 2.75) is 66.0 Å². The van der Waals surface area contributed by atoms with Gasteiger partial charge in [0.05, 0.1) is 6.61 Å². The lowest BCUT2D eigenvalue weighted by molar-refractivity contribution is -0.146. The van der Waals surface area contributed by atoms with Gasteiger partial charge in [-0.3, -0.25) is 14.4 Å². The van der Waals surface area contributed by atoms with Gasteiger partial charge in [0.2, 0.25) is 5.78 Å². The molecule has 3 rings (SSSR count). The zero-order valence-electron chi connectivity index (χ0n) is 23.6. The molecule has 0 aromatic heterocycles. The zero-order valence-corrected chi connectivity index (χ0v) is 23.6. The van der Waals surface area contributed by atoms with Crippen molar-refractivity contribution in [1.82, 2.24) is 15.1 Å². The third-order valence-corrected chi connectivity index (χ3v) is 8.00. The summed E-state index contributed by atoms with van der Waals surface area (Å²) in [6, 6.07) is 5.78. The largest absolute Gasteiger partial charge is 0.493 e. The third-order valence-electron chi connectivity index (χ3n) is 8.00. The van der Waals surface area contributed by atoms with Crippen LogP contribution in [0, 0.1) is 17.3 Å². The summed E-state index contributed by atoms with van der Waals surface area (Å²) in [4.78, 5) is 42.3. The van der Waals surface area contributed by atoms with E-state index in [4.69, 9.17) is 9.47 Å². The first-order valence-corrected chi connectivity index (χ1v) is 13.6. The molecular weight excluding hydrogens is 470 g/mol. The maximum atomic E-state index is 13.7. The summed E-state index contributed by atoms with van der Waals surface area (Å²) in [7, 11) is 3.42. The molecule has 1 spiro atoms. The molecule has 0 radical (unpaired) electrons. The van der Waals surface area contributed by atoms with Crippen LogP contribution < -0.4 is 10.1 Å². The molecule has 8 nitrogen and oxygen atoms in total. The van der Waals surface area contributed by atoms with Gasteiger partial charge >= 0.3 is 0 Å². The minimum atomic E-state index is -0.409. The van der Waals surface area contributed by atoms with Gasteiger partial charge < -0.3 is 24.6 Å². The van der Waals surface area contributed by atoms with Gasteiger partial charge in [-0.25, -0.2) is 0 Å². The fraction of sp³-hybridized carbons (Fsp3) is 0.690. The van der Waals surface area contributed by atoms with E-state index in [1.165, 1.54) is 0 Å². The topological polar surface area (TPSA) is 88.2 Å². The summed E-state index contributed by atoms with van der Waals surface area (Å²) in [5, 5.41) is 3.49. The molecule has 3 atom stereocenters. The Morgan fingerprint density at radius 1 is 1.16 bits per heavy atom. The average Bonchev–Trinajstić information content (AvgIpc) is 3.47. The van der Waals surface area contributed by atoms with Gasteiger partial charge in [-0.1, -0.05) is 26.8 Å². The smallest absolute Gasteiger partial charge is 0.290 e. The van der Waals surface area contributed by atoms with Gasteiger partial charge in [-0.05, 0) is 50.3 Å². The first-order chi connectivity index (χ1) is 17.6. The molecule has 1 aliphatic heterocycles. The number of Topliss-reactive ketones (excluding diaryl/α,β-unsaturated/α-hetero) is 1. The summed E-state index contributed by atoms with van der Waals surface area (Å²) < 4.78 is 11.1. The second-order valence-corrected chi connectivity index (χ2v) is 11.1. The molecule has 1 aliphatic carbocycles. The number of aryl methyl sites for hydroxylation is 1. The van der Waals surface area contributed by atoms with Crippen LogP contribution in [0.4, 0.5) is 0 Å². The number of carbonyl (C=O) groups is 3. The van der Waals surface area contributed by atoms with Gasteiger partial charge in [-0.15, -0.1) is 0 Å². The Morgan fingerprint density at radius 3 is 2.51 bits per heavy atom. The number of methoxy groups -OCH3 is 1. The normalized spacial score (nSPS) is 22.5. The molecule has 0 bridgehead atoms. The standard InChI is InChI=1S/C29H45N3O5/c1-8-21-10-11-22(14-24(21)37-13-9-12-36-7)27(34)32(20(4)5)17-23-16-30-18-29(23)15-25(29)31(6)28(35)26(33)19(2)3/h10-11,14,19-20,23,25,30H,8-9,12-13,15-18H2,1-7H3/t23-,25-,29?/m0/s1. The number of carbonyl (C=O) groups excluding carboxylic acids is 3. The van der Waals surface area contributed by atoms with Crippen molar-refractivity contribution in [3.8, 4) is 5.75 Å². The van der Waals surface area contributed by atoms with Crippen molar-refractivity contribution in [3.63, 3.8) is 0 Å². The Morgan fingerprint density at radius 2 is 1.89 bits per heavy atom. The number of ether oxygens (including phenoxy) is 2. The molecule has 1 saturated heterocycles. The third kappa shape index (κ3) is 6.34. The number of nitrogens with one attached hydrogen (secondary N) is 1. The highest BCUT2D eigenvalue weighted by Gasteiger charge is 2.64. The summed E-state index contributed by atoms with van der Waals surface area (Å²) in [5.74, 6) is -0.130. The maximum Gasteiger partial charge on any atom is 0.290 e. The number of benzene rings is 1. The lowest BCUT2D eigenvalue weighted by Gasteiger charge is -2.33. The Labute approximate surface area is 222 Å². The molecule has 1 aromatic carbocycles. The number of hydrogen-bond donors (Lipinski definition) is 1. The number of nitrogens with zero attached hydrogens (tertiary/aromatic N) is 2. The van der Waals surface area contributed by atoms with Crippen molar-refractivity contribution in [2.24, 2.45) is 17.3 Å². The van der Waals surface area contributed by atoms with Crippen molar-refractivity contribution in [2.75, 3.05) is 47.0 Å². The molecule has 8 heteroatoms. The lowest BCUT2D eigenvalue weighted by Crippen LogP contribution is -2.45. The van der Waals surface area contributed by atoms with Gasteiger partial charge in [0.15, 0.2) is 0 Å². The number of rotatable bonds is 13. The van der Waals surface area contributed by atoms with Crippen molar-refractivity contribution < 1.29 is 23.9 Å². The van der Waals surface area contributed by atoms with Crippen LogP contribution in [0.15, 0.2) is 18.2 Å². The molecule has 1 unspecified atom stereocenters. The molecule has 1 aromatic rings. The van der Waals surface area contributed by atoms with Crippen molar-refractivity contribution in [3.05, 3.63) is 29.3 Å². The van der Waals surface area contributed by atoms with E-state index >= 15 is 0 Å². The SMILES string of the molecule is CCc1ccc(C(=O)N(C[C@@H]2CNCC23C[C@@H]3N(C)C(=O)C(=O)C(C)C)C(C)C)cc1OCCCOC. The molecular formula is C29H45N3O5. The van der Waals surface area contributed by atoms with E-state index in [0.717, 1.165) is 43.7 Å². The van der Waals surface area contributed by atoms with Gasteiger partial charge in [-0.2, -0.15) is 0 Å². The number of amides is 2. The van der Waals surface area contributed by atoms with Crippen LogP contribution in [0.3, 0.4) is 0 Å². The van der Waals surface area contributed by atoms with Crippen LogP contribution in [0.1, 0.15) is 63.4 Å². The number of hydrogen-bond acceptors (Lipinski definition) is 6. The Hall–Kier alpha value is -2.45. The molecule has 1 saturated carbocycles. The summed E-state index contributed by atoms with van der Waals surface area (Å²) in [6.45, 7) is 13.0. The summed E-state index contributed by atoms with van der Waals surface area (Å²) in [6.07, 6.45) is 2.46. The molecule has 1 heterocycles. The van der Waals surface area contributed by atoms with Gasteiger partial charge in [0, 0.05) is 75.8 Å². The fourth-order valence-corrected chi connectivity index (χ4v) is 5.52. The summed E-state index contributed by atoms with van der Waals surface area (Å²) >= 11 is 0. The first kappa shape index (κ1) is 29.1. The summed E-state index contributed by atoms with van der Waals surface area (Å²) in [5.41, 5.74) is 1.60. The van der Waals surface area contributed by atoms with Gasteiger partial charge in [0.25, 0.3) is 11.8 Å². The van der Waals surface area contributed by atoms with Crippen LogP contribution in [-0.4, -0.2) is 86.5 Å². The molecule has 206 valence electrons. The average molecular weight is 516 g/mol. The highest BCUT2D eigenvalue weighted by Crippen LogP contribution is 2.56. The Balaban J connectivity index is 1.74. The maximum absolute atomic E-state index is 13.7. The van der Waals surface area contributed by atoms with E-state index in [2.05, 4.69) is 12.2 Å². The fourth-order valence-electron chi connectivity index (χ4n) is 5.52. The predicted molar refractivity (Wildman–Crippen MR) is 144 cm³/mol. The molecule has 2 aliphatic rings.